The summed E-state index contributed by atoms with van der Waals surface area (Å²) in [4.78, 5) is 23.2. The summed E-state index contributed by atoms with van der Waals surface area (Å²) in [7, 11) is 2.77. The third-order valence-corrected chi connectivity index (χ3v) is 3.80. The minimum Gasteiger partial charge on any atom is -0.493 e. The molecule has 2 aromatic rings. The topological polar surface area (TPSA) is 90.7 Å². The Morgan fingerprint density at radius 1 is 1.12 bits per heavy atom. The molecule has 2 aromatic carbocycles. The molecular formula is C17H18N2O5. The number of nitrogens with zero attached hydrogens (tertiary/aromatic N) is 1. The lowest BCUT2D eigenvalue weighted by Crippen LogP contribution is -2.15. The summed E-state index contributed by atoms with van der Waals surface area (Å²) in [5.41, 5.74) is 2.06. The summed E-state index contributed by atoms with van der Waals surface area (Å²) in [6.45, 7) is 3.79. The van der Waals surface area contributed by atoms with Gasteiger partial charge in [0.2, 0.25) is 0 Å². The summed E-state index contributed by atoms with van der Waals surface area (Å²) < 4.78 is 10.2. The fraction of sp³-hybridized carbons (Fsp3) is 0.235. The molecule has 24 heavy (non-hydrogen) atoms. The lowest BCUT2D eigenvalue weighted by Gasteiger charge is -2.12. The number of aryl methyl sites for hydroxylation is 1. The average molecular weight is 330 g/mol. The normalized spacial score (nSPS) is 10.2. The molecule has 0 saturated heterocycles. The van der Waals surface area contributed by atoms with Crippen molar-refractivity contribution in [3.8, 4) is 11.5 Å². The third kappa shape index (κ3) is 3.29. The summed E-state index contributed by atoms with van der Waals surface area (Å²) in [6, 6.07) is 7.95. The fourth-order valence-electron chi connectivity index (χ4n) is 2.28. The standard InChI is InChI=1S/C17H18N2O5/c1-10-6-5-7-13(11(10)2)18-17(20)12-8-15(23-3)16(24-4)9-14(12)19(21)22/h5-9H,1-4H3,(H,18,20). The molecular weight excluding hydrogens is 312 g/mol. The Morgan fingerprint density at radius 2 is 1.75 bits per heavy atom. The van der Waals surface area contributed by atoms with Gasteiger partial charge in [-0.2, -0.15) is 0 Å². The summed E-state index contributed by atoms with van der Waals surface area (Å²) in [5, 5.41) is 14.0. The van der Waals surface area contributed by atoms with Crippen LogP contribution < -0.4 is 14.8 Å². The van der Waals surface area contributed by atoms with Crippen molar-refractivity contribution in [2.45, 2.75) is 13.8 Å². The Bertz CT molecular complexity index is 802. The Balaban J connectivity index is 2.48. The number of amides is 1. The van der Waals surface area contributed by atoms with E-state index in [2.05, 4.69) is 5.32 Å². The minimum atomic E-state index is -0.625. The second-order valence-electron chi connectivity index (χ2n) is 5.18. The Morgan fingerprint density at radius 3 is 2.33 bits per heavy atom. The quantitative estimate of drug-likeness (QED) is 0.669. The molecule has 7 nitrogen and oxygen atoms in total. The Kier molecular flexibility index (Phi) is 5.03. The van der Waals surface area contributed by atoms with Crippen LogP contribution in [0.1, 0.15) is 21.5 Å². The van der Waals surface area contributed by atoms with E-state index in [1.54, 1.807) is 12.1 Å². The van der Waals surface area contributed by atoms with E-state index in [1.165, 1.54) is 26.4 Å². The van der Waals surface area contributed by atoms with Crippen LogP contribution in [0, 0.1) is 24.0 Å². The van der Waals surface area contributed by atoms with Gasteiger partial charge < -0.3 is 14.8 Å². The van der Waals surface area contributed by atoms with Crippen molar-refractivity contribution in [2.24, 2.45) is 0 Å². The van der Waals surface area contributed by atoms with Gasteiger partial charge in [0.25, 0.3) is 11.6 Å². The largest absolute Gasteiger partial charge is 0.493 e. The molecule has 0 aliphatic carbocycles. The summed E-state index contributed by atoms with van der Waals surface area (Å²) in [6.07, 6.45) is 0. The van der Waals surface area contributed by atoms with E-state index in [0.717, 1.165) is 11.1 Å². The highest BCUT2D eigenvalue weighted by Gasteiger charge is 2.25. The first-order valence-electron chi connectivity index (χ1n) is 7.17. The van der Waals surface area contributed by atoms with Gasteiger partial charge in [-0.1, -0.05) is 12.1 Å². The molecule has 2 rings (SSSR count). The predicted molar refractivity (Wildman–Crippen MR) is 90.1 cm³/mol. The zero-order valence-corrected chi connectivity index (χ0v) is 13.9. The van der Waals surface area contributed by atoms with Crippen molar-refractivity contribution in [3.05, 3.63) is 57.1 Å². The van der Waals surface area contributed by atoms with E-state index in [0.29, 0.717) is 5.69 Å². The van der Waals surface area contributed by atoms with Gasteiger partial charge in [0, 0.05) is 11.8 Å². The van der Waals surface area contributed by atoms with Crippen LogP contribution in [0.5, 0.6) is 11.5 Å². The molecule has 126 valence electrons. The van der Waals surface area contributed by atoms with Crippen molar-refractivity contribution >= 4 is 17.3 Å². The third-order valence-electron chi connectivity index (χ3n) is 3.80. The second kappa shape index (κ2) is 6.99. The number of benzene rings is 2. The maximum absolute atomic E-state index is 12.6. The summed E-state index contributed by atoms with van der Waals surface area (Å²) >= 11 is 0. The molecule has 0 aromatic heterocycles. The van der Waals surface area contributed by atoms with E-state index >= 15 is 0 Å². The molecule has 0 heterocycles. The number of nitro groups is 1. The summed E-state index contributed by atoms with van der Waals surface area (Å²) in [5.74, 6) is -0.155. The van der Waals surface area contributed by atoms with Crippen molar-refractivity contribution in [1.29, 1.82) is 0 Å². The van der Waals surface area contributed by atoms with Crippen LogP contribution in [-0.2, 0) is 0 Å². The highest BCUT2D eigenvalue weighted by molar-refractivity contribution is 6.08. The van der Waals surface area contributed by atoms with Gasteiger partial charge >= 0.3 is 0 Å². The molecule has 1 amide bonds. The first-order valence-corrected chi connectivity index (χ1v) is 7.17. The van der Waals surface area contributed by atoms with Crippen molar-refractivity contribution < 1.29 is 19.2 Å². The first kappa shape index (κ1) is 17.3. The van der Waals surface area contributed by atoms with E-state index in [1.807, 2.05) is 19.9 Å². The molecule has 0 aliphatic rings. The fourth-order valence-corrected chi connectivity index (χ4v) is 2.28. The molecule has 0 atom stereocenters. The van der Waals surface area contributed by atoms with Crippen molar-refractivity contribution in [3.63, 3.8) is 0 Å². The van der Waals surface area contributed by atoms with Gasteiger partial charge in [0.05, 0.1) is 25.2 Å². The number of methoxy groups -OCH3 is 2. The molecule has 0 spiro atoms. The minimum absolute atomic E-state index is 0.0986. The van der Waals surface area contributed by atoms with Gasteiger partial charge in [-0.05, 0) is 31.0 Å². The maximum Gasteiger partial charge on any atom is 0.286 e. The number of carbonyl (C=O) groups is 1. The number of anilines is 1. The Labute approximate surface area is 139 Å². The van der Waals surface area contributed by atoms with E-state index in [4.69, 9.17) is 9.47 Å². The zero-order chi connectivity index (χ0) is 17.9. The van der Waals surface area contributed by atoms with Gasteiger partial charge in [-0.25, -0.2) is 0 Å². The number of carbonyl (C=O) groups excluding carboxylic acids is 1. The van der Waals surface area contributed by atoms with Gasteiger partial charge in [-0.15, -0.1) is 0 Å². The molecule has 0 aliphatic heterocycles. The Hall–Kier alpha value is -3.09. The number of ether oxygens (including phenoxy) is 2. The monoisotopic (exact) mass is 330 g/mol. The molecule has 7 heteroatoms. The van der Waals surface area contributed by atoms with Crippen LogP contribution in [0.4, 0.5) is 11.4 Å². The smallest absolute Gasteiger partial charge is 0.286 e. The van der Waals surface area contributed by atoms with Crippen molar-refractivity contribution in [1.82, 2.24) is 0 Å². The van der Waals surface area contributed by atoms with Crippen molar-refractivity contribution in [2.75, 3.05) is 19.5 Å². The van der Waals surface area contributed by atoms with Crippen LogP contribution in [0.3, 0.4) is 0 Å². The maximum atomic E-state index is 12.6. The average Bonchev–Trinajstić information content (AvgIpc) is 2.57. The van der Waals surface area contributed by atoms with Gasteiger partial charge in [0.1, 0.15) is 5.56 Å². The van der Waals surface area contributed by atoms with Crippen LogP contribution >= 0.6 is 0 Å². The van der Waals surface area contributed by atoms with Crippen LogP contribution in [0.15, 0.2) is 30.3 Å². The van der Waals surface area contributed by atoms with E-state index in [9.17, 15) is 14.9 Å². The molecule has 1 N–H and O–H groups in total. The number of nitro benzene ring substituents is 1. The predicted octanol–water partition coefficient (Wildman–Crippen LogP) is 3.48. The second-order valence-corrected chi connectivity index (χ2v) is 5.18. The van der Waals surface area contributed by atoms with Crippen LogP contribution in [0.25, 0.3) is 0 Å². The van der Waals surface area contributed by atoms with E-state index in [-0.39, 0.29) is 22.7 Å². The van der Waals surface area contributed by atoms with Gasteiger partial charge in [-0.3, -0.25) is 14.9 Å². The lowest BCUT2D eigenvalue weighted by atomic mass is 10.1. The number of nitrogens with one attached hydrogen (secondary N) is 1. The molecule has 0 radical (unpaired) electrons. The highest BCUT2D eigenvalue weighted by atomic mass is 16.6. The molecule has 0 saturated carbocycles. The van der Waals surface area contributed by atoms with Crippen LogP contribution in [-0.4, -0.2) is 25.1 Å². The highest BCUT2D eigenvalue weighted by Crippen LogP contribution is 2.35. The van der Waals surface area contributed by atoms with E-state index < -0.39 is 10.8 Å². The zero-order valence-electron chi connectivity index (χ0n) is 13.9. The number of hydrogen-bond acceptors (Lipinski definition) is 5. The number of rotatable bonds is 5. The SMILES string of the molecule is COc1cc(C(=O)Nc2cccc(C)c2C)c([N+](=O)[O-])cc1OC. The molecule has 0 fully saturated rings. The van der Waals surface area contributed by atoms with Gasteiger partial charge in [0.15, 0.2) is 11.5 Å². The van der Waals surface area contributed by atoms with Crippen LogP contribution in [0.2, 0.25) is 0 Å². The number of hydrogen-bond donors (Lipinski definition) is 1. The molecule has 0 bridgehead atoms. The lowest BCUT2D eigenvalue weighted by molar-refractivity contribution is -0.385. The first-order chi connectivity index (χ1) is 11.4. The molecule has 0 unspecified atom stereocenters.